The van der Waals surface area contributed by atoms with E-state index in [2.05, 4.69) is 16.7 Å². The molecule has 1 aliphatic rings. The monoisotopic (exact) mass is 406 g/mol. The van der Waals surface area contributed by atoms with Crippen molar-refractivity contribution in [1.29, 1.82) is 5.26 Å². The number of benzene rings is 1. The van der Waals surface area contributed by atoms with Crippen molar-refractivity contribution in [2.75, 3.05) is 5.32 Å². The highest BCUT2D eigenvalue weighted by atomic mass is 32.1. The van der Waals surface area contributed by atoms with Gasteiger partial charge in [-0.05, 0) is 43.0 Å². The van der Waals surface area contributed by atoms with Crippen molar-refractivity contribution in [3.05, 3.63) is 74.9 Å². The van der Waals surface area contributed by atoms with Gasteiger partial charge < -0.3 is 16.4 Å². The molecule has 0 atom stereocenters. The minimum Gasteiger partial charge on any atom is -0.397 e. The average molecular weight is 407 g/mol. The highest BCUT2D eigenvalue weighted by Crippen LogP contribution is 2.34. The fourth-order valence-electron chi connectivity index (χ4n) is 3.08. The van der Waals surface area contributed by atoms with Crippen molar-refractivity contribution in [3.8, 4) is 6.07 Å². The van der Waals surface area contributed by atoms with Crippen LogP contribution < -0.4 is 16.4 Å². The highest BCUT2D eigenvalue weighted by Gasteiger charge is 2.16. The van der Waals surface area contributed by atoms with Gasteiger partial charge in [0, 0.05) is 23.8 Å². The third-order valence-electron chi connectivity index (χ3n) is 4.67. The van der Waals surface area contributed by atoms with Crippen molar-refractivity contribution in [3.63, 3.8) is 0 Å². The zero-order valence-corrected chi connectivity index (χ0v) is 17.2. The van der Waals surface area contributed by atoms with Crippen LogP contribution in [0.15, 0.2) is 47.8 Å². The van der Waals surface area contributed by atoms with E-state index in [-0.39, 0.29) is 11.8 Å². The number of carbonyl (C=O) groups is 2. The van der Waals surface area contributed by atoms with Gasteiger partial charge in [0.1, 0.15) is 11.1 Å². The summed E-state index contributed by atoms with van der Waals surface area (Å²) in [5.74, 6) is -0.402. The first-order valence-electron chi connectivity index (χ1n) is 9.25. The average Bonchev–Trinajstić information content (AvgIpc) is 2.97. The van der Waals surface area contributed by atoms with Crippen molar-refractivity contribution in [1.82, 2.24) is 5.32 Å². The van der Waals surface area contributed by atoms with Crippen LogP contribution >= 0.6 is 11.3 Å². The van der Waals surface area contributed by atoms with Crippen molar-refractivity contribution < 1.29 is 9.59 Å². The van der Waals surface area contributed by atoms with Crippen LogP contribution in [-0.4, -0.2) is 11.8 Å². The third kappa shape index (κ3) is 4.73. The molecule has 2 aromatic rings. The van der Waals surface area contributed by atoms with E-state index in [4.69, 9.17) is 5.73 Å². The summed E-state index contributed by atoms with van der Waals surface area (Å²) < 4.78 is 0. The van der Waals surface area contributed by atoms with Crippen LogP contribution in [0.3, 0.4) is 0 Å². The van der Waals surface area contributed by atoms with E-state index in [0.29, 0.717) is 33.9 Å². The van der Waals surface area contributed by atoms with Crippen LogP contribution in [-0.2, 0) is 11.2 Å². The molecule has 1 aromatic heterocycles. The van der Waals surface area contributed by atoms with Crippen LogP contribution in [0.4, 0.5) is 5.00 Å². The Kier molecular flexibility index (Phi) is 6.15. The Labute approximate surface area is 173 Å². The van der Waals surface area contributed by atoms with E-state index >= 15 is 0 Å². The molecule has 2 amide bonds. The number of nitrogens with one attached hydrogen (secondary N) is 2. The summed E-state index contributed by atoms with van der Waals surface area (Å²) in [4.78, 5) is 24.8. The lowest BCUT2D eigenvalue weighted by Gasteiger charge is -2.14. The summed E-state index contributed by atoms with van der Waals surface area (Å²) in [6.07, 6.45) is 6.21. The number of carbonyl (C=O) groups excluding carboxylic acids is 2. The van der Waals surface area contributed by atoms with Gasteiger partial charge in [-0.3, -0.25) is 9.59 Å². The molecule has 29 heavy (non-hydrogen) atoms. The van der Waals surface area contributed by atoms with Gasteiger partial charge in [-0.2, -0.15) is 5.26 Å². The van der Waals surface area contributed by atoms with E-state index in [1.165, 1.54) is 18.3 Å². The van der Waals surface area contributed by atoms with Gasteiger partial charge in [-0.15, -0.1) is 11.3 Å². The number of hydrogen-bond acceptors (Lipinski definition) is 5. The molecule has 4 N–H and O–H groups in total. The van der Waals surface area contributed by atoms with E-state index in [0.717, 1.165) is 28.8 Å². The number of anilines is 1. The number of allylic oxidation sites excluding steroid dienone is 2. The maximum Gasteiger partial charge on any atom is 0.255 e. The zero-order valence-electron chi connectivity index (χ0n) is 16.3. The number of nitrogens with zero attached hydrogens (tertiary/aromatic N) is 1. The molecule has 1 aromatic carbocycles. The summed E-state index contributed by atoms with van der Waals surface area (Å²) in [6.45, 7) is 3.31. The molecule has 0 bridgehead atoms. The van der Waals surface area contributed by atoms with Crippen molar-refractivity contribution in [2.24, 2.45) is 5.73 Å². The second kappa shape index (κ2) is 8.76. The Hall–Kier alpha value is -3.37. The fraction of sp³-hybridized carbons (Fsp3) is 0.227. The Morgan fingerprint density at radius 1 is 1.17 bits per heavy atom. The lowest BCUT2D eigenvalue weighted by atomic mass is 10.0. The molecule has 0 radical (unpaired) electrons. The predicted molar refractivity (Wildman–Crippen MR) is 114 cm³/mol. The van der Waals surface area contributed by atoms with Crippen LogP contribution in [0.2, 0.25) is 0 Å². The smallest absolute Gasteiger partial charge is 0.255 e. The molecule has 1 aliphatic carbocycles. The van der Waals surface area contributed by atoms with Crippen LogP contribution in [0, 0.1) is 18.3 Å². The molecule has 0 saturated carbocycles. The first-order valence-corrected chi connectivity index (χ1v) is 10.1. The van der Waals surface area contributed by atoms with Gasteiger partial charge in [0.2, 0.25) is 5.91 Å². The number of nitrogens with two attached hydrogens (primary N) is 1. The molecule has 0 saturated heterocycles. The molecule has 7 heteroatoms. The van der Waals surface area contributed by atoms with Gasteiger partial charge in [0.25, 0.3) is 5.91 Å². The van der Waals surface area contributed by atoms with Crippen molar-refractivity contribution >= 4 is 28.2 Å². The largest absolute Gasteiger partial charge is 0.397 e. The Bertz CT molecular complexity index is 1060. The minimum atomic E-state index is -0.201. The molecule has 3 rings (SSSR count). The summed E-state index contributed by atoms with van der Waals surface area (Å²) in [5.41, 5.74) is 10.1. The Morgan fingerprint density at radius 3 is 2.48 bits per heavy atom. The van der Waals surface area contributed by atoms with Crippen LogP contribution in [0.25, 0.3) is 0 Å². The van der Waals surface area contributed by atoms with E-state index in [9.17, 15) is 14.9 Å². The summed E-state index contributed by atoms with van der Waals surface area (Å²) >= 11 is 1.41. The molecule has 0 unspecified atom stereocenters. The highest BCUT2D eigenvalue weighted by molar-refractivity contribution is 7.16. The van der Waals surface area contributed by atoms with Gasteiger partial charge in [0.15, 0.2) is 0 Å². The summed E-state index contributed by atoms with van der Waals surface area (Å²) in [7, 11) is 0. The first-order chi connectivity index (χ1) is 13.9. The zero-order chi connectivity index (χ0) is 21.0. The molecule has 0 aliphatic heterocycles. The standard InChI is InChI=1S/C22H22N4O2S/c1-13-17(12-23)22(25-14(2)27)29-20(13)11-15-7-9-16(10-8-15)21(28)26-19-6-4-3-5-18(19)24/h5-10H,3-4,11,24H2,1-2H3,(H,25,27)(H,26,28). The Balaban J connectivity index is 1.73. The van der Waals surface area contributed by atoms with Gasteiger partial charge in [0.05, 0.1) is 17.0 Å². The second-order valence-corrected chi connectivity index (χ2v) is 7.93. The van der Waals surface area contributed by atoms with E-state index in [1.807, 2.05) is 31.2 Å². The fourth-order valence-corrected chi connectivity index (χ4v) is 4.32. The number of nitriles is 1. The molecule has 0 spiro atoms. The Morgan fingerprint density at radius 2 is 1.86 bits per heavy atom. The topological polar surface area (TPSA) is 108 Å². The molecule has 6 nitrogen and oxygen atoms in total. The lowest BCUT2D eigenvalue weighted by Crippen LogP contribution is -2.26. The molecular weight excluding hydrogens is 384 g/mol. The van der Waals surface area contributed by atoms with Crippen LogP contribution in [0.1, 0.15) is 51.7 Å². The normalized spacial score (nSPS) is 13.1. The van der Waals surface area contributed by atoms with E-state index in [1.54, 1.807) is 12.1 Å². The second-order valence-electron chi connectivity index (χ2n) is 6.83. The molecular formula is C22H22N4O2S. The summed E-state index contributed by atoms with van der Waals surface area (Å²) in [5, 5.41) is 15.5. The maximum atomic E-state index is 12.5. The van der Waals surface area contributed by atoms with Gasteiger partial charge >= 0.3 is 0 Å². The summed E-state index contributed by atoms with van der Waals surface area (Å²) in [6, 6.07) is 9.50. The molecule has 0 fully saturated rings. The SMILES string of the molecule is CC(=O)Nc1sc(Cc2ccc(C(=O)NC3=CCCC=C3N)cc2)c(C)c1C#N. The number of rotatable bonds is 5. The van der Waals surface area contributed by atoms with Crippen LogP contribution in [0.5, 0.6) is 0 Å². The quantitative estimate of drug-likeness (QED) is 0.703. The third-order valence-corrected chi connectivity index (χ3v) is 5.87. The van der Waals surface area contributed by atoms with Gasteiger partial charge in [-0.1, -0.05) is 24.3 Å². The number of hydrogen-bond donors (Lipinski definition) is 3. The number of thiophene rings is 1. The van der Waals surface area contributed by atoms with Crippen molar-refractivity contribution in [2.45, 2.75) is 33.1 Å². The maximum absolute atomic E-state index is 12.5. The van der Waals surface area contributed by atoms with E-state index < -0.39 is 0 Å². The van der Waals surface area contributed by atoms with Gasteiger partial charge in [-0.25, -0.2) is 0 Å². The number of amides is 2. The molecule has 148 valence electrons. The predicted octanol–water partition coefficient (Wildman–Crippen LogP) is 3.73. The minimum absolute atomic E-state index is 0.201. The first kappa shape index (κ1) is 20.4. The molecule has 1 heterocycles. The lowest BCUT2D eigenvalue weighted by molar-refractivity contribution is -0.114.